The van der Waals surface area contributed by atoms with Crippen molar-refractivity contribution in [1.29, 1.82) is 0 Å². The van der Waals surface area contributed by atoms with E-state index in [1.165, 1.54) is 5.41 Å². The van der Waals surface area contributed by atoms with Gasteiger partial charge in [0.1, 0.15) is 12.1 Å². The largest absolute Gasteiger partial charge is 0.480 e. The molecule has 0 saturated carbocycles. The summed E-state index contributed by atoms with van der Waals surface area (Å²) in [5, 5.41) is 21.6. The van der Waals surface area contributed by atoms with Gasteiger partial charge in [-0.25, -0.2) is 20.0 Å². The molecule has 1 aromatic carbocycles. The fraction of sp³-hybridized carbons (Fsp3) is 0.381. The minimum atomic E-state index is -1.53. The average Bonchev–Trinajstić information content (AvgIpc) is 2.83. The van der Waals surface area contributed by atoms with Crippen LogP contribution in [0.1, 0.15) is 19.8 Å². The number of para-hydroxylation sites is 1. The highest BCUT2D eigenvalue weighted by atomic mass is 32.2. The average molecular weight is 513 g/mol. The van der Waals surface area contributed by atoms with Gasteiger partial charge < -0.3 is 30.8 Å². The first-order valence-electron chi connectivity index (χ1n) is 10.3. The number of hydrogen-bond acceptors (Lipinski definition) is 10. The second kappa shape index (κ2) is 15.2. The molecule has 0 fully saturated rings. The fourth-order valence-corrected chi connectivity index (χ4v) is 3.16. The molecular weight excluding hydrogens is 484 g/mol. The normalized spacial score (nSPS) is 12.6. The Bertz CT molecular complexity index is 927. The zero-order valence-corrected chi connectivity index (χ0v) is 19.9. The molecule has 0 aliphatic carbocycles. The van der Waals surface area contributed by atoms with E-state index >= 15 is 0 Å². The first-order chi connectivity index (χ1) is 16.6. The molecule has 0 heterocycles. The fourth-order valence-electron chi connectivity index (χ4n) is 2.33. The van der Waals surface area contributed by atoms with Crippen LogP contribution >= 0.6 is 11.8 Å². The molecular formula is C21H28N4O9S. The number of likely N-dealkylation sites (N-methyl/N-ethyl adjacent to an activating group) is 1. The van der Waals surface area contributed by atoms with Crippen molar-refractivity contribution in [2.75, 3.05) is 19.4 Å². The van der Waals surface area contributed by atoms with E-state index < -0.39 is 41.9 Å². The second-order valence-electron chi connectivity index (χ2n) is 6.89. The van der Waals surface area contributed by atoms with E-state index in [2.05, 4.69) is 10.8 Å². The maximum atomic E-state index is 12.5. The monoisotopic (exact) mass is 512 g/mol. The van der Waals surface area contributed by atoms with E-state index in [4.69, 9.17) is 25.5 Å². The summed E-state index contributed by atoms with van der Waals surface area (Å²) in [7, 11) is 1.02. The Balaban J connectivity index is 2.91. The second-order valence-corrected chi connectivity index (χ2v) is 7.79. The number of imide groups is 1. The quantitative estimate of drug-likeness (QED) is 0.132. The lowest BCUT2D eigenvalue weighted by molar-refractivity contribution is -0.140. The highest BCUT2D eigenvalue weighted by Crippen LogP contribution is 2.13. The van der Waals surface area contributed by atoms with Gasteiger partial charge in [0.25, 0.3) is 5.91 Å². The maximum Gasteiger partial charge on any atom is 0.413 e. The summed E-state index contributed by atoms with van der Waals surface area (Å²) >= 11 is 0.908. The van der Waals surface area contributed by atoms with Gasteiger partial charge >= 0.3 is 18.0 Å². The zero-order valence-electron chi connectivity index (χ0n) is 19.1. The molecule has 35 heavy (non-hydrogen) atoms. The minimum Gasteiger partial charge on any atom is -0.480 e. The van der Waals surface area contributed by atoms with Crippen LogP contribution in [0.15, 0.2) is 41.4 Å². The standard InChI is InChI=1S/C21H28N4O9S/c1-3-33-20(30)16(24-34-13-7-5-4-6-8-13)12-35-11-15(18(27)25(2)21(31)32)23-17(26)10-9-14(22)19(28)29/h4-8,12,14-15,24H,3,9-11,22H2,1-2H3,(H,23,26)(H,28,29)(H,31,32). The Morgan fingerprint density at radius 1 is 1.17 bits per heavy atom. The van der Waals surface area contributed by atoms with Crippen molar-refractivity contribution >= 4 is 41.6 Å². The number of amides is 3. The summed E-state index contributed by atoms with van der Waals surface area (Å²) in [5.74, 6) is -3.40. The molecule has 0 aliphatic rings. The van der Waals surface area contributed by atoms with Crippen molar-refractivity contribution in [2.24, 2.45) is 5.73 Å². The number of carboxylic acids is 1. The van der Waals surface area contributed by atoms with Crippen molar-refractivity contribution in [1.82, 2.24) is 15.7 Å². The Kier molecular flexibility index (Phi) is 12.7. The molecule has 0 saturated heterocycles. The smallest absolute Gasteiger partial charge is 0.413 e. The van der Waals surface area contributed by atoms with Gasteiger partial charge in [0.2, 0.25) is 5.91 Å². The third-order valence-corrected chi connectivity index (χ3v) is 5.16. The number of aliphatic carboxylic acids is 1. The van der Waals surface area contributed by atoms with Crippen molar-refractivity contribution in [3.63, 3.8) is 0 Å². The van der Waals surface area contributed by atoms with Crippen LogP contribution in [0.5, 0.6) is 5.75 Å². The van der Waals surface area contributed by atoms with Crippen LogP contribution in [-0.2, 0) is 23.9 Å². The molecule has 0 bridgehead atoms. The third-order valence-electron chi connectivity index (χ3n) is 4.23. The van der Waals surface area contributed by atoms with E-state index in [-0.39, 0.29) is 30.9 Å². The number of nitrogens with two attached hydrogens (primary N) is 1. The van der Waals surface area contributed by atoms with Gasteiger partial charge in [-0.05, 0) is 25.5 Å². The Labute approximate surface area is 205 Å². The summed E-state index contributed by atoms with van der Waals surface area (Å²) in [6.45, 7) is 1.70. The number of benzene rings is 1. The molecule has 0 aliphatic heterocycles. The van der Waals surface area contributed by atoms with E-state index in [0.717, 1.165) is 18.8 Å². The molecule has 2 unspecified atom stereocenters. The number of nitrogens with one attached hydrogen (secondary N) is 2. The van der Waals surface area contributed by atoms with Crippen LogP contribution in [0.2, 0.25) is 0 Å². The predicted octanol–water partition coefficient (Wildman–Crippen LogP) is 0.521. The lowest BCUT2D eigenvalue weighted by Gasteiger charge is -2.21. The van der Waals surface area contributed by atoms with Crippen LogP contribution < -0.4 is 21.4 Å². The van der Waals surface area contributed by atoms with Crippen molar-refractivity contribution in [3.8, 4) is 5.75 Å². The number of ether oxygens (including phenoxy) is 1. The molecule has 0 spiro atoms. The summed E-state index contributed by atoms with van der Waals surface area (Å²) in [5.41, 5.74) is 7.74. The number of esters is 1. The minimum absolute atomic E-state index is 0.0902. The molecule has 2 atom stereocenters. The summed E-state index contributed by atoms with van der Waals surface area (Å²) < 4.78 is 4.96. The van der Waals surface area contributed by atoms with Gasteiger partial charge in [-0.3, -0.25) is 14.4 Å². The highest BCUT2D eigenvalue weighted by molar-refractivity contribution is 8.02. The number of rotatable bonds is 14. The lowest BCUT2D eigenvalue weighted by atomic mass is 10.1. The number of thioether (sulfide) groups is 1. The van der Waals surface area contributed by atoms with Crippen LogP contribution in [-0.4, -0.2) is 76.5 Å². The Morgan fingerprint density at radius 2 is 1.83 bits per heavy atom. The van der Waals surface area contributed by atoms with Gasteiger partial charge in [0, 0.05) is 24.6 Å². The number of carboxylic acid groups (broad SMARTS) is 2. The molecule has 1 rings (SSSR count). The molecule has 3 amide bonds. The van der Waals surface area contributed by atoms with Gasteiger partial charge in [0.05, 0.1) is 6.61 Å². The summed E-state index contributed by atoms with van der Waals surface area (Å²) in [6, 6.07) is 5.94. The Morgan fingerprint density at radius 3 is 2.40 bits per heavy atom. The molecule has 14 heteroatoms. The number of hydroxylamine groups is 1. The first-order valence-corrected chi connectivity index (χ1v) is 11.4. The van der Waals surface area contributed by atoms with Crippen molar-refractivity contribution in [2.45, 2.75) is 31.8 Å². The van der Waals surface area contributed by atoms with E-state index in [1.54, 1.807) is 37.3 Å². The van der Waals surface area contributed by atoms with Crippen LogP contribution in [0.4, 0.5) is 4.79 Å². The van der Waals surface area contributed by atoms with Gasteiger partial charge in [-0.15, -0.1) is 11.8 Å². The number of carbonyl (C=O) groups is 5. The zero-order chi connectivity index (χ0) is 26.4. The van der Waals surface area contributed by atoms with E-state index in [0.29, 0.717) is 10.6 Å². The SMILES string of the molecule is CCOC(=O)C(=CSCC(NC(=O)CCC(N)C(=O)O)C(=O)N(C)C(=O)O)NOc1ccccc1. The highest BCUT2D eigenvalue weighted by Gasteiger charge is 2.27. The third kappa shape index (κ3) is 10.8. The first kappa shape index (κ1) is 29.3. The number of nitrogens with zero attached hydrogens (tertiary/aromatic N) is 1. The van der Waals surface area contributed by atoms with Gasteiger partial charge in [-0.1, -0.05) is 18.2 Å². The summed E-state index contributed by atoms with van der Waals surface area (Å²) in [6.07, 6.45) is -2.01. The van der Waals surface area contributed by atoms with Crippen molar-refractivity contribution < 1.29 is 43.8 Å². The molecule has 192 valence electrons. The van der Waals surface area contributed by atoms with E-state index in [1.807, 2.05) is 0 Å². The topological polar surface area (TPSA) is 198 Å². The molecule has 0 aromatic heterocycles. The molecule has 1 aromatic rings. The lowest BCUT2D eigenvalue weighted by Crippen LogP contribution is -2.50. The van der Waals surface area contributed by atoms with E-state index in [9.17, 15) is 24.0 Å². The number of hydrogen-bond donors (Lipinski definition) is 5. The van der Waals surface area contributed by atoms with Gasteiger partial charge in [-0.2, -0.15) is 0 Å². The molecule has 0 radical (unpaired) electrons. The summed E-state index contributed by atoms with van der Waals surface area (Å²) in [4.78, 5) is 64.7. The van der Waals surface area contributed by atoms with Crippen LogP contribution in [0, 0.1) is 0 Å². The van der Waals surface area contributed by atoms with Crippen LogP contribution in [0.25, 0.3) is 0 Å². The number of carbonyl (C=O) groups excluding carboxylic acids is 3. The van der Waals surface area contributed by atoms with Gasteiger partial charge in [0.15, 0.2) is 11.4 Å². The molecule has 13 nitrogen and oxygen atoms in total. The predicted molar refractivity (Wildman–Crippen MR) is 125 cm³/mol. The maximum absolute atomic E-state index is 12.5. The Hall–Kier alpha value is -3.78. The van der Waals surface area contributed by atoms with Crippen molar-refractivity contribution in [3.05, 3.63) is 41.4 Å². The molecule has 6 N–H and O–H groups in total. The van der Waals surface area contributed by atoms with Crippen LogP contribution in [0.3, 0.4) is 0 Å².